The van der Waals surface area contributed by atoms with E-state index in [1.165, 1.54) is 0 Å². The Bertz CT molecular complexity index is 107. The van der Waals surface area contributed by atoms with Gasteiger partial charge in [-0.1, -0.05) is 5.16 Å². The highest BCUT2D eigenvalue weighted by molar-refractivity contribution is 7.17. The molecule has 0 fully saturated rings. The Morgan fingerprint density at radius 3 is 3.10 bits per heavy atom. The Kier molecular flexibility index (Phi) is 8.13. The Hall–Kier alpha value is -0.470. The van der Waals surface area contributed by atoms with Crippen molar-refractivity contribution in [1.82, 2.24) is 0 Å². The van der Waals surface area contributed by atoms with Crippen molar-refractivity contribution in [3.63, 3.8) is 0 Å². The van der Waals surface area contributed by atoms with Crippen molar-refractivity contribution >= 4 is 14.9 Å². The number of hydrogen-bond acceptors (Lipinski definition) is 4. The van der Waals surface area contributed by atoms with Gasteiger partial charge in [0.2, 0.25) is 0 Å². The first-order chi connectivity index (χ1) is 4.91. The minimum atomic E-state index is -0.285. The van der Waals surface area contributed by atoms with Gasteiger partial charge in [0.15, 0.2) is 0 Å². The van der Waals surface area contributed by atoms with Crippen LogP contribution in [0.15, 0.2) is 5.16 Å². The van der Waals surface area contributed by atoms with Crippen molar-refractivity contribution < 1.29 is 13.9 Å². The Morgan fingerprint density at radius 2 is 2.50 bits per heavy atom. The van der Waals surface area contributed by atoms with Gasteiger partial charge in [0.25, 0.3) is 0 Å². The van der Waals surface area contributed by atoms with Crippen molar-refractivity contribution in [2.75, 3.05) is 13.2 Å². The highest BCUT2D eigenvalue weighted by Crippen LogP contribution is 1.93. The second-order valence-corrected chi connectivity index (χ2v) is 1.81. The van der Waals surface area contributed by atoms with E-state index in [-0.39, 0.29) is 8.69 Å². The van der Waals surface area contributed by atoms with Crippen molar-refractivity contribution in [1.29, 1.82) is 0 Å². The van der Waals surface area contributed by atoms with Crippen LogP contribution in [-0.4, -0.2) is 19.4 Å². The van der Waals surface area contributed by atoms with Crippen molar-refractivity contribution in [2.45, 2.75) is 13.3 Å². The molecule has 5 heteroatoms. The molecule has 4 nitrogen and oxygen atoms in total. The molecule has 0 aromatic carbocycles. The van der Waals surface area contributed by atoms with Crippen LogP contribution in [0.5, 0.6) is 0 Å². The normalized spacial score (nSPS) is 10.9. The Labute approximate surface area is 61.5 Å². The van der Waals surface area contributed by atoms with E-state index >= 15 is 0 Å². The largest absolute Gasteiger partial charge is 0.396 e. The molecule has 58 valence electrons. The summed E-state index contributed by atoms with van der Waals surface area (Å²) in [6.45, 7) is 2.82. The lowest BCUT2D eigenvalue weighted by atomic mass is 10.5. The highest BCUT2D eigenvalue weighted by atomic mass is 31.1. The molecule has 0 spiro atoms. The van der Waals surface area contributed by atoms with Gasteiger partial charge in [0, 0.05) is 12.6 Å². The molecule has 0 saturated carbocycles. The fraction of sp³-hybridized carbons (Fsp3) is 0.800. The second-order valence-electron chi connectivity index (χ2n) is 1.40. The average molecular weight is 163 g/mol. The molecule has 0 amide bonds. The quantitative estimate of drug-likeness (QED) is 0.258. The molecule has 0 N–H and O–H groups in total. The third-order valence-electron chi connectivity index (χ3n) is 0.669. The molecular formula is C5H10NO3P. The fourth-order valence-electron chi connectivity index (χ4n) is 0.323. The van der Waals surface area contributed by atoms with Gasteiger partial charge < -0.3 is 4.84 Å². The van der Waals surface area contributed by atoms with Gasteiger partial charge in [0.05, 0.1) is 6.61 Å². The van der Waals surface area contributed by atoms with Crippen LogP contribution < -0.4 is 0 Å². The monoisotopic (exact) mass is 163 g/mol. The van der Waals surface area contributed by atoms with Gasteiger partial charge in [-0.25, -0.2) is 4.57 Å². The number of oxime groups is 1. The molecule has 0 aliphatic carbocycles. The average Bonchev–Trinajstić information content (AvgIpc) is 1.97. The van der Waals surface area contributed by atoms with E-state index in [9.17, 15) is 4.57 Å². The molecule has 0 aliphatic heterocycles. The lowest BCUT2D eigenvalue weighted by Gasteiger charge is -1.89. The van der Waals surface area contributed by atoms with Crippen molar-refractivity contribution in [3.05, 3.63) is 0 Å². The van der Waals surface area contributed by atoms with Gasteiger partial charge >= 0.3 is 8.69 Å². The van der Waals surface area contributed by atoms with Crippen LogP contribution in [0.25, 0.3) is 0 Å². The maximum Gasteiger partial charge on any atom is 0.327 e. The van der Waals surface area contributed by atoms with Gasteiger partial charge in [-0.05, 0) is 6.92 Å². The summed E-state index contributed by atoms with van der Waals surface area (Å²) in [4.78, 5) is 4.65. The van der Waals surface area contributed by atoms with Gasteiger partial charge in [-0.3, -0.25) is 4.52 Å². The summed E-state index contributed by atoms with van der Waals surface area (Å²) >= 11 is 0. The zero-order valence-electron chi connectivity index (χ0n) is 5.82. The topological polar surface area (TPSA) is 47.9 Å². The number of hydrogen-bond donors (Lipinski definition) is 0. The molecular weight excluding hydrogens is 153 g/mol. The third-order valence-corrected chi connectivity index (χ3v) is 0.957. The van der Waals surface area contributed by atoms with Crippen LogP contribution in [0.1, 0.15) is 13.3 Å². The Morgan fingerprint density at radius 1 is 1.70 bits per heavy atom. The summed E-state index contributed by atoms with van der Waals surface area (Å²) in [7, 11) is -0.285. The van der Waals surface area contributed by atoms with E-state index in [1.807, 2.05) is 6.92 Å². The summed E-state index contributed by atoms with van der Waals surface area (Å²) in [5.74, 6) is 0. The number of nitrogens with zero attached hydrogens (tertiary/aromatic N) is 1. The minimum absolute atomic E-state index is 0.285. The maximum absolute atomic E-state index is 9.69. The lowest BCUT2D eigenvalue weighted by molar-refractivity contribution is 0.159. The number of rotatable bonds is 6. The molecule has 0 bridgehead atoms. The lowest BCUT2D eigenvalue weighted by Crippen LogP contribution is -1.86. The van der Waals surface area contributed by atoms with Crippen LogP contribution in [-0.2, 0) is 13.9 Å². The van der Waals surface area contributed by atoms with Crippen LogP contribution in [0, 0.1) is 0 Å². The maximum atomic E-state index is 9.69. The zero-order chi connectivity index (χ0) is 7.66. The van der Waals surface area contributed by atoms with Crippen LogP contribution in [0.4, 0.5) is 0 Å². The van der Waals surface area contributed by atoms with Crippen molar-refractivity contribution in [3.8, 4) is 0 Å². The predicted octanol–water partition coefficient (Wildman–Crippen LogP) is 1.62. The molecule has 0 aromatic heterocycles. The molecule has 0 radical (unpaired) electrons. The molecule has 0 aliphatic rings. The molecule has 0 saturated heterocycles. The molecule has 0 rings (SSSR count). The van der Waals surface area contributed by atoms with Gasteiger partial charge in [-0.15, -0.1) is 0 Å². The molecule has 0 heterocycles. The predicted molar refractivity (Wildman–Crippen MR) is 38.3 cm³/mol. The minimum Gasteiger partial charge on any atom is -0.396 e. The molecule has 0 unspecified atom stereocenters. The highest BCUT2D eigenvalue weighted by Gasteiger charge is 1.81. The van der Waals surface area contributed by atoms with E-state index in [1.54, 1.807) is 6.21 Å². The standard InChI is InChI=1S/C5H10NO3P/c1-2-8-6-4-3-5-9-10-7/h4H,2-3,5H2,1H3. The fourth-order valence-corrected chi connectivity index (χ4v) is 0.503. The van der Waals surface area contributed by atoms with E-state index in [0.717, 1.165) is 0 Å². The second kappa shape index (κ2) is 8.53. The summed E-state index contributed by atoms with van der Waals surface area (Å²) in [6, 6.07) is 0. The van der Waals surface area contributed by atoms with E-state index < -0.39 is 0 Å². The first-order valence-corrected chi connectivity index (χ1v) is 3.73. The SMILES string of the molecule is CCON=CCCOP=O. The summed E-state index contributed by atoms with van der Waals surface area (Å²) < 4.78 is 14.2. The van der Waals surface area contributed by atoms with E-state index in [4.69, 9.17) is 0 Å². The van der Waals surface area contributed by atoms with Crippen LogP contribution >= 0.6 is 8.69 Å². The van der Waals surface area contributed by atoms with Crippen LogP contribution in [0.2, 0.25) is 0 Å². The Balaban J connectivity index is 2.94. The smallest absolute Gasteiger partial charge is 0.327 e. The third kappa shape index (κ3) is 7.53. The van der Waals surface area contributed by atoms with E-state index in [2.05, 4.69) is 14.5 Å². The van der Waals surface area contributed by atoms with Crippen LogP contribution in [0.3, 0.4) is 0 Å². The van der Waals surface area contributed by atoms with Crippen molar-refractivity contribution in [2.24, 2.45) is 5.16 Å². The van der Waals surface area contributed by atoms with Gasteiger partial charge in [-0.2, -0.15) is 0 Å². The summed E-state index contributed by atoms with van der Waals surface area (Å²) in [5.41, 5.74) is 0. The summed E-state index contributed by atoms with van der Waals surface area (Å²) in [5, 5.41) is 3.55. The first kappa shape index (κ1) is 9.53. The molecule has 0 aromatic rings. The zero-order valence-corrected chi connectivity index (χ0v) is 6.71. The first-order valence-electron chi connectivity index (χ1n) is 3.00. The summed E-state index contributed by atoms with van der Waals surface area (Å²) in [6.07, 6.45) is 2.20. The van der Waals surface area contributed by atoms with Gasteiger partial charge in [0.1, 0.15) is 6.61 Å². The molecule has 0 atom stereocenters. The molecule has 10 heavy (non-hydrogen) atoms. The van der Waals surface area contributed by atoms with E-state index in [0.29, 0.717) is 19.6 Å².